The van der Waals surface area contributed by atoms with Gasteiger partial charge < -0.3 is 9.67 Å². The molecule has 1 aliphatic rings. The van der Waals surface area contributed by atoms with Crippen molar-refractivity contribution in [3.05, 3.63) is 35.7 Å². The lowest BCUT2D eigenvalue weighted by atomic mass is 10.1. The van der Waals surface area contributed by atoms with E-state index in [0.29, 0.717) is 6.04 Å². The van der Waals surface area contributed by atoms with E-state index in [1.54, 1.807) is 24.3 Å². The Hall–Kier alpha value is -2.17. The van der Waals surface area contributed by atoms with Gasteiger partial charge in [0.2, 0.25) is 0 Å². The van der Waals surface area contributed by atoms with Gasteiger partial charge in [-0.2, -0.15) is 0 Å². The minimum absolute atomic E-state index is 0.289. The number of carbonyl (C=O) groups is 1. The summed E-state index contributed by atoms with van der Waals surface area (Å²) in [6.07, 6.45) is 4.83. The number of aromatic carboxylic acids is 1. The Morgan fingerprint density at radius 3 is 2.45 bits per heavy atom. The van der Waals surface area contributed by atoms with Gasteiger partial charge in [0.05, 0.1) is 5.56 Å². The second-order valence-corrected chi connectivity index (χ2v) is 5.26. The highest BCUT2D eigenvalue weighted by Gasteiger charge is 2.23. The summed E-state index contributed by atoms with van der Waals surface area (Å²) in [6.45, 7) is 1.97. The molecule has 0 bridgehead atoms. The van der Waals surface area contributed by atoms with Crippen molar-refractivity contribution in [2.45, 2.75) is 38.6 Å². The molecule has 2 aromatic rings. The molecule has 1 aliphatic carbocycles. The van der Waals surface area contributed by atoms with Gasteiger partial charge >= 0.3 is 5.97 Å². The predicted molar refractivity (Wildman–Crippen MR) is 74.7 cm³/mol. The Morgan fingerprint density at radius 1 is 1.20 bits per heavy atom. The van der Waals surface area contributed by atoms with Crippen LogP contribution < -0.4 is 0 Å². The molecule has 0 radical (unpaired) electrons. The Balaban J connectivity index is 1.99. The van der Waals surface area contributed by atoms with E-state index in [1.165, 1.54) is 25.7 Å². The van der Waals surface area contributed by atoms with Gasteiger partial charge in [0.15, 0.2) is 5.82 Å². The van der Waals surface area contributed by atoms with E-state index in [1.807, 2.05) is 6.92 Å². The molecule has 0 aliphatic heterocycles. The van der Waals surface area contributed by atoms with Crippen molar-refractivity contribution in [1.82, 2.24) is 14.8 Å². The van der Waals surface area contributed by atoms with Gasteiger partial charge in [-0.25, -0.2) is 4.79 Å². The van der Waals surface area contributed by atoms with E-state index in [0.717, 1.165) is 17.2 Å². The van der Waals surface area contributed by atoms with Gasteiger partial charge in [0, 0.05) is 11.6 Å². The Bertz CT molecular complexity index is 625. The van der Waals surface area contributed by atoms with Crippen LogP contribution in [0.5, 0.6) is 0 Å². The molecule has 0 saturated heterocycles. The molecule has 3 rings (SSSR count). The summed E-state index contributed by atoms with van der Waals surface area (Å²) in [5.74, 6) is 0.852. The molecular weight excluding hydrogens is 254 g/mol. The van der Waals surface area contributed by atoms with E-state index < -0.39 is 5.97 Å². The molecule has 1 aromatic heterocycles. The van der Waals surface area contributed by atoms with E-state index in [4.69, 9.17) is 5.11 Å². The van der Waals surface area contributed by atoms with Gasteiger partial charge in [0.1, 0.15) is 5.82 Å². The quantitative estimate of drug-likeness (QED) is 0.931. The van der Waals surface area contributed by atoms with Gasteiger partial charge in [-0.1, -0.05) is 25.0 Å². The average molecular weight is 271 g/mol. The molecule has 0 unspecified atom stereocenters. The maximum absolute atomic E-state index is 10.9. The third kappa shape index (κ3) is 2.19. The number of benzene rings is 1. The Morgan fingerprint density at radius 2 is 1.85 bits per heavy atom. The fourth-order valence-corrected chi connectivity index (χ4v) is 2.93. The number of nitrogens with zero attached hydrogens (tertiary/aromatic N) is 3. The Labute approximate surface area is 117 Å². The highest BCUT2D eigenvalue weighted by atomic mass is 16.4. The van der Waals surface area contributed by atoms with Crippen LogP contribution in [0.2, 0.25) is 0 Å². The van der Waals surface area contributed by atoms with Crippen molar-refractivity contribution in [2.24, 2.45) is 0 Å². The highest BCUT2D eigenvalue weighted by Crippen LogP contribution is 2.33. The first-order valence-corrected chi connectivity index (χ1v) is 6.92. The van der Waals surface area contributed by atoms with Gasteiger partial charge in [0.25, 0.3) is 0 Å². The molecule has 1 saturated carbocycles. The first-order chi connectivity index (χ1) is 9.66. The molecule has 104 valence electrons. The first-order valence-electron chi connectivity index (χ1n) is 6.92. The normalized spacial score (nSPS) is 15.7. The Kier molecular flexibility index (Phi) is 3.26. The van der Waals surface area contributed by atoms with E-state index in [2.05, 4.69) is 14.8 Å². The minimum Gasteiger partial charge on any atom is -0.478 e. The summed E-state index contributed by atoms with van der Waals surface area (Å²) in [5, 5.41) is 17.4. The molecule has 5 heteroatoms. The fraction of sp³-hybridized carbons (Fsp3) is 0.400. The molecule has 0 spiro atoms. The summed E-state index contributed by atoms with van der Waals surface area (Å²) >= 11 is 0. The van der Waals surface area contributed by atoms with Crippen LogP contribution in [0.1, 0.15) is 47.9 Å². The summed E-state index contributed by atoms with van der Waals surface area (Å²) < 4.78 is 2.20. The molecule has 1 N–H and O–H groups in total. The number of hydrogen-bond donors (Lipinski definition) is 1. The van der Waals surface area contributed by atoms with Crippen molar-refractivity contribution in [3.63, 3.8) is 0 Å². The lowest BCUT2D eigenvalue weighted by Crippen LogP contribution is -2.08. The summed E-state index contributed by atoms with van der Waals surface area (Å²) in [5.41, 5.74) is 1.21. The molecule has 20 heavy (non-hydrogen) atoms. The van der Waals surface area contributed by atoms with E-state index >= 15 is 0 Å². The smallest absolute Gasteiger partial charge is 0.335 e. The number of aromatic nitrogens is 3. The van der Waals surface area contributed by atoms with E-state index in [-0.39, 0.29) is 5.56 Å². The number of hydrogen-bond acceptors (Lipinski definition) is 3. The minimum atomic E-state index is -0.912. The first kappa shape index (κ1) is 12.8. The number of rotatable bonds is 3. The average Bonchev–Trinajstić information content (AvgIpc) is 3.07. The van der Waals surface area contributed by atoms with Crippen molar-refractivity contribution in [2.75, 3.05) is 0 Å². The third-order valence-corrected chi connectivity index (χ3v) is 3.95. The van der Waals surface area contributed by atoms with Crippen LogP contribution in [-0.4, -0.2) is 25.8 Å². The van der Waals surface area contributed by atoms with Crippen LogP contribution in [0.3, 0.4) is 0 Å². The zero-order valence-corrected chi connectivity index (χ0v) is 11.4. The standard InChI is InChI=1S/C15H17N3O2/c1-10-16-17-14(18(10)13-4-2-3-5-13)11-6-8-12(9-7-11)15(19)20/h6-9,13H,2-5H2,1H3,(H,19,20). The summed E-state index contributed by atoms with van der Waals surface area (Å²) in [6, 6.07) is 7.30. The highest BCUT2D eigenvalue weighted by molar-refractivity contribution is 5.88. The van der Waals surface area contributed by atoms with Crippen molar-refractivity contribution in [1.29, 1.82) is 0 Å². The van der Waals surface area contributed by atoms with Crippen LogP contribution in [0.25, 0.3) is 11.4 Å². The molecular formula is C15H17N3O2. The number of aryl methyl sites for hydroxylation is 1. The summed E-state index contributed by atoms with van der Waals surface area (Å²) in [4.78, 5) is 10.9. The second-order valence-electron chi connectivity index (χ2n) is 5.26. The van der Waals surface area contributed by atoms with E-state index in [9.17, 15) is 4.79 Å². The van der Waals surface area contributed by atoms with Gasteiger partial charge in [-0.05, 0) is 31.9 Å². The van der Waals surface area contributed by atoms with Crippen molar-refractivity contribution in [3.8, 4) is 11.4 Å². The molecule has 1 heterocycles. The van der Waals surface area contributed by atoms with Crippen LogP contribution in [0.4, 0.5) is 0 Å². The molecule has 1 fully saturated rings. The predicted octanol–water partition coefficient (Wildman–Crippen LogP) is 3.07. The molecule has 1 aromatic carbocycles. The van der Waals surface area contributed by atoms with Crippen molar-refractivity contribution >= 4 is 5.97 Å². The van der Waals surface area contributed by atoms with Crippen LogP contribution >= 0.6 is 0 Å². The largest absolute Gasteiger partial charge is 0.478 e. The van der Waals surface area contributed by atoms with Gasteiger partial charge in [-0.3, -0.25) is 0 Å². The van der Waals surface area contributed by atoms with Crippen LogP contribution in [-0.2, 0) is 0 Å². The third-order valence-electron chi connectivity index (χ3n) is 3.95. The molecule has 5 nitrogen and oxygen atoms in total. The molecule has 0 amide bonds. The fourth-order valence-electron chi connectivity index (χ4n) is 2.93. The monoisotopic (exact) mass is 271 g/mol. The lowest BCUT2D eigenvalue weighted by Gasteiger charge is -2.15. The van der Waals surface area contributed by atoms with Gasteiger partial charge in [-0.15, -0.1) is 10.2 Å². The van der Waals surface area contributed by atoms with Crippen LogP contribution in [0.15, 0.2) is 24.3 Å². The maximum atomic E-state index is 10.9. The molecule has 0 atom stereocenters. The topological polar surface area (TPSA) is 68.0 Å². The number of carboxylic acids is 1. The van der Waals surface area contributed by atoms with Crippen LogP contribution in [0, 0.1) is 6.92 Å². The zero-order chi connectivity index (χ0) is 14.1. The van der Waals surface area contributed by atoms with Crippen molar-refractivity contribution < 1.29 is 9.90 Å². The maximum Gasteiger partial charge on any atom is 0.335 e. The lowest BCUT2D eigenvalue weighted by molar-refractivity contribution is 0.0697. The summed E-state index contributed by atoms with van der Waals surface area (Å²) in [7, 11) is 0. The second kappa shape index (κ2) is 5.07. The number of carboxylic acid groups (broad SMARTS) is 1. The SMILES string of the molecule is Cc1nnc(-c2ccc(C(=O)O)cc2)n1C1CCCC1. The zero-order valence-electron chi connectivity index (χ0n) is 11.4.